The molecule has 0 bridgehead atoms. The molecule has 0 radical (unpaired) electrons. The molecule has 1 aliphatic rings. The van der Waals surface area contributed by atoms with E-state index in [1.165, 1.54) is 25.0 Å². The predicted octanol–water partition coefficient (Wildman–Crippen LogP) is 3.49. The second-order valence-electron chi connectivity index (χ2n) is 5.47. The summed E-state index contributed by atoms with van der Waals surface area (Å²) in [5.74, 6) is -1.50. The summed E-state index contributed by atoms with van der Waals surface area (Å²) < 4.78 is 26.6. The van der Waals surface area contributed by atoms with Crippen molar-refractivity contribution in [3.05, 3.63) is 35.4 Å². The Morgan fingerprint density at radius 3 is 2.55 bits per heavy atom. The van der Waals surface area contributed by atoms with Crippen molar-refractivity contribution in [2.45, 2.75) is 38.6 Å². The monoisotopic (exact) mass is 282 g/mol. The summed E-state index contributed by atoms with van der Waals surface area (Å²) in [6, 6.07) is 4.56. The van der Waals surface area contributed by atoms with Crippen molar-refractivity contribution in [3.63, 3.8) is 0 Å². The highest BCUT2D eigenvalue weighted by atomic mass is 19.2. The van der Waals surface area contributed by atoms with E-state index in [4.69, 9.17) is 0 Å². The molecule has 4 heteroatoms. The summed E-state index contributed by atoms with van der Waals surface area (Å²) in [4.78, 5) is 2.39. The van der Waals surface area contributed by atoms with Crippen molar-refractivity contribution in [2.24, 2.45) is 0 Å². The van der Waals surface area contributed by atoms with E-state index in [0.717, 1.165) is 44.6 Å². The fourth-order valence-electron chi connectivity index (χ4n) is 2.86. The molecule has 1 heterocycles. The number of nitrogens with one attached hydrogen (secondary N) is 1. The van der Waals surface area contributed by atoms with Gasteiger partial charge in [0.2, 0.25) is 0 Å². The minimum Gasteiger partial charge on any atom is -0.314 e. The van der Waals surface area contributed by atoms with Gasteiger partial charge in [-0.1, -0.05) is 32.3 Å². The normalized spacial score (nSPS) is 18.1. The molecule has 1 saturated heterocycles. The largest absolute Gasteiger partial charge is 0.314 e. The van der Waals surface area contributed by atoms with Crippen LogP contribution in [0.3, 0.4) is 0 Å². The summed E-state index contributed by atoms with van der Waals surface area (Å²) in [5.41, 5.74) is 0.905. The van der Waals surface area contributed by atoms with Crippen molar-refractivity contribution < 1.29 is 8.78 Å². The van der Waals surface area contributed by atoms with Gasteiger partial charge in [0.05, 0.1) is 0 Å². The lowest BCUT2D eigenvalue weighted by molar-refractivity contribution is 0.162. The quantitative estimate of drug-likeness (QED) is 0.803. The third kappa shape index (κ3) is 4.00. The minimum absolute atomic E-state index is 0.207. The molecular weight excluding hydrogens is 258 g/mol. The van der Waals surface area contributed by atoms with Crippen LogP contribution in [0.15, 0.2) is 18.2 Å². The number of nitrogens with zero attached hydrogens (tertiary/aromatic N) is 1. The molecule has 20 heavy (non-hydrogen) atoms. The average molecular weight is 282 g/mol. The Morgan fingerprint density at radius 2 is 1.90 bits per heavy atom. The second kappa shape index (κ2) is 7.70. The van der Waals surface area contributed by atoms with Crippen LogP contribution in [0.2, 0.25) is 0 Å². The van der Waals surface area contributed by atoms with Crippen LogP contribution in [0.5, 0.6) is 0 Å². The molecule has 0 spiro atoms. The van der Waals surface area contributed by atoms with Crippen molar-refractivity contribution in [1.29, 1.82) is 0 Å². The van der Waals surface area contributed by atoms with Crippen molar-refractivity contribution >= 4 is 0 Å². The standard InChI is InChI=1S/C16H24F2N2/c1-2-3-4-5-16(20-10-8-19-9-11-20)13-6-7-14(17)15(18)12-13/h6-7,12,16,19H,2-5,8-11H2,1H3/t16-/m0/s1. The smallest absolute Gasteiger partial charge is 0.159 e. The van der Waals surface area contributed by atoms with Crippen LogP contribution in [-0.2, 0) is 0 Å². The fourth-order valence-corrected chi connectivity index (χ4v) is 2.86. The minimum atomic E-state index is -0.763. The number of benzene rings is 1. The van der Waals surface area contributed by atoms with Crippen LogP contribution in [0.1, 0.15) is 44.2 Å². The highest BCUT2D eigenvalue weighted by Gasteiger charge is 2.22. The first-order chi connectivity index (χ1) is 9.72. The second-order valence-corrected chi connectivity index (χ2v) is 5.47. The Balaban J connectivity index is 2.12. The van der Waals surface area contributed by atoms with Gasteiger partial charge in [0.15, 0.2) is 11.6 Å². The third-order valence-corrected chi connectivity index (χ3v) is 4.00. The van der Waals surface area contributed by atoms with E-state index in [1.807, 2.05) is 0 Å². The van der Waals surface area contributed by atoms with E-state index in [-0.39, 0.29) is 6.04 Å². The molecule has 1 atom stereocenters. The maximum atomic E-state index is 13.5. The number of unbranched alkanes of at least 4 members (excludes halogenated alkanes) is 2. The topological polar surface area (TPSA) is 15.3 Å². The molecule has 0 saturated carbocycles. The SMILES string of the molecule is CCCCC[C@@H](c1ccc(F)c(F)c1)N1CCNCC1. The molecule has 2 nitrogen and oxygen atoms in total. The summed E-state index contributed by atoms with van der Waals surface area (Å²) in [6.45, 7) is 6.05. The van der Waals surface area contributed by atoms with Crippen LogP contribution >= 0.6 is 0 Å². The van der Waals surface area contributed by atoms with E-state index >= 15 is 0 Å². The third-order valence-electron chi connectivity index (χ3n) is 4.00. The first-order valence-electron chi connectivity index (χ1n) is 7.62. The average Bonchev–Trinajstić information content (AvgIpc) is 2.48. The summed E-state index contributed by atoms with van der Waals surface area (Å²) in [6.07, 6.45) is 4.50. The maximum absolute atomic E-state index is 13.5. The number of hydrogen-bond acceptors (Lipinski definition) is 2. The van der Waals surface area contributed by atoms with Crippen LogP contribution in [0, 0.1) is 11.6 Å². The zero-order valence-electron chi connectivity index (χ0n) is 12.2. The molecular formula is C16H24F2N2. The fraction of sp³-hybridized carbons (Fsp3) is 0.625. The lowest BCUT2D eigenvalue weighted by Gasteiger charge is -2.35. The Labute approximate surface area is 120 Å². The Morgan fingerprint density at radius 1 is 1.15 bits per heavy atom. The number of piperazine rings is 1. The van der Waals surface area contributed by atoms with E-state index < -0.39 is 11.6 Å². The molecule has 1 fully saturated rings. The Kier molecular flexibility index (Phi) is 5.92. The first kappa shape index (κ1) is 15.4. The van der Waals surface area contributed by atoms with Gasteiger partial charge in [-0.25, -0.2) is 8.78 Å². The zero-order chi connectivity index (χ0) is 14.4. The molecule has 0 aliphatic carbocycles. The molecule has 1 aromatic carbocycles. The Hall–Kier alpha value is -1.00. The zero-order valence-corrected chi connectivity index (χ0v) is 12.2. The van der Waals surface area contributed by atoms with Gasteiger partial charge < -0.3 is 5.32 Å². The van der Waals surface area contributed by atoms with Gasteiger partial charge in [-0.3, -0.25) is 4.90 Å². The van der Waals surface area contributed by atoms with Crippen molar-refractivity contribution in [2.75, 3.05) is 26.2 Å². The van der Waals surface area contributed by atoms with E-state index in [0.29, 0.717) is 0 Å². The maximum Gasteiger partial charge on any atom is 0.159 e. The summed E-state index contributed by atoms with van der Waals surface area (Å²) in [5, 5.41) is 3.33. The van der Waals surface area contributed by atoms with Gasteiger partial charge >= 0.3 is 0 Å². The van der Waals surface area contributed by atoms with Crippen molar-refractivity contribution in [3.8, 4) is 0 Å². The summed E-state index contributed by atoms with van der Waals surface area (Å²) in [7, 11) is 0. The van der Waals surface area contributed by atoms with Gasteiger partial charge in [0.25, 0.3) is 0 Å². The molecule has 0 amide bonds. The molecule has 1 aliphatic heterocycles. The predicted molar refractivity (Wildman–Crippen MR) is 77.7 cm³/mol. The number of halogens is 2. The van der Waals surface area contributed by atoms with E-state index in [9.17, 15) is 8.78 Å². The van der Waals surface area contributed by atoms with Gasteiger partial charge in [0.1, 0.15) is 0 Å². The molecule has 2 rings (SSSR count). The molecule has 1 aromatic rings. The van der Waals surface area contributed by atoms with Crippen LogP contribution in [-0.4, -0.2) is 31.1 Å². The van der Waals surface area contributed by atoms with Gasteiger partial charge in [-0.05, 0) is 24.1 Å². The van der Waals surface area contributed by atoms with Gasteiger partial charge in [0, 0.05) is 32.2 Å². The van der Waals surface area contributed by atoms with Crippen LogP contribution < -0.4 is 5.32 Å². The Bertz CT molecular complexity index is 417. The van der Waals surface area contributed by atoms with Gasteiger partial charge in [-0.2, -0.15) is 0 Å². The van der Waals surface area contributed by atoms with Gasteiger partial charge in [-0.15, -0.1) is 0 Å². The lowest BCUT2D eigenvalue weighted by Crippen LogP contribution is -2.45. The van der Waals surface area contributed by atoms with E-state index in [2.05, 4.69) is 17.1 Å². The number of rotatable bonds is 6. The van der Waals surface area contributed by atoms with Crippen LogP contribution in [0.25, 0.3) is 0 Å². The highest BCUT2D eigenvalue weighted by Crippen LogP contribution is 2.28. The van der Waals surface area contributed by atoms with E-state index in [1.54, 1.807) is 6.07 Å². The molecule has 0 aromatic heterocycles. The van der Waals surface area contributed by atoms with Crippen molar-refractivity contribution in [1.82, 2.24) is 10.2 Å². The number of hydrogen-bond donors (Lipinski definition) is 1. The molecule has 112 valence electrons. The molecule has 0 unspecified atom stereocenters. The molecule has 1 N–H and O–H groups in total. The summed E-state index contributed by atoms with van der Waals surface area (Å²) >= 11 is 0. The lowest BCUT2D eigenvalue weighted by atomic mass is 9.98. The van der Waals surface area contributed by atoms with Crippen LogP contribution in [0.4, 0.5) is 8.78 Å². The first-order valence-corrected chi connectivity index (χ1v) is 7.62. The highest BCUT2D eigenvalue weighted by molar-refractivity contribution is 5.21.